The van der Waals surface area contributed by atoms with Crippen LogP contribution in [0, 0.1) is 5.82 Å². The van der Waals surface area contributed by atoms with Gasteiger partial charge in [0.05, 0.1) is 6.42 Å². The van der Waals surface area contributed by atoms with Crippen LogP contribution in [0.4, 0.5) is 4.39 Å². The van der Waals surface area contributed by atoms with E-state index in [0.717, 1.165) is 16.8 Å². The average molecular weight is 322 g/mol. The molecular formula is C20H19FN2O. The van der Waals surface area contributed by atoms with Gasteiger partial charge in [0.1, 0.15) is 5.82 Å². The van der Waals surface area contributed by atoms with Crippen LogP contribution in [0.15, 0.2) is 73.1 Å². The Bertz CT molecular complexity index is 793. The van der Waals surface area contributed by atoms with E-state index in [9.17, 15) is 9.18 Å². The van der Waals surface area contributed by atoms with Crippen molar-refractivity contribution < 1.29 is 9.18 Å². The van der Waals surface area contributed by atoms with Gasteiger partial charge in [0.25, 0.3) is 0 Å². The topological polar surface area (TPSA) is 25.2 Å². The first-order valence-electron chi connectivity index (χ1n) is 7.82. The summed E-state index contributed by atoms with van der Waals surface area (Å²) in [5.74, 6) is -0.233. The summed E-state index contributed by atoms with van der Waals surface area (Å²) in [6.45, 7) is 0.473. The molecular weight excluding hydrogens is 303 g/mol. The minimum atomic E-state index is -0.268. The second-order valence-electron chi connectivity index (χ2n) is 5.81. The van der Waals surface area contributed by atoms with Gasteiger partial charge in [0.2, 0.25) is 5.91 Å². The van der Waals surface area contributed by atoms with Gasteiger partial charge in [-0.1, -0.05) is 24.3 Å². The molecule has 122 valence electrons. The molecule has 0 fully saturated rings. The van der Waals surface area contributed by atoms with Crippen LogP contribution in [0.5, 0.6) is 0 Å². The number of carbonyl (C=O) groups excluding carboxylic acids is 1. The first-order valence-corrected chi connectivity index (χ1v) is 7.82. The van der Waals surface area contributed by atoms with Gasteiger partial charge >= 0.3 is 0 Å². The Hall–Kier alpha value is -2.88. The average Bonchev–Trinajstić information content (AvgIpc) is 3.12. The fraction of sp³-hybridized carbons (Fsp3) is 0.150. The van der Waals surface area contributed by atoms with E-state index in [1.807, 2.05) is 53.4 Å². The van der Waals surface area contributed by atoms with Gasteiger partial charge in [0, 0.05) is 31.7 Å². The van der Waals surface area contributed by atoms with Crippen LogP contribution < -0.4 is 0 Å². The van der Waals surface area contributed by atoms with Gasteiger partial charge in [-0.15, -0.1) is 0 Å². The number of aromatic nitrogens is 1. The lowest BCUT2D eigenvalue weighted by Crippen LogP contribution is -2.27. The van der Waals surface area contributed by atoms with Crippen LogP contribution in [0.25, 0.3) is 5.69 Å². The van der Waals surface area contributed by atoms with Crippen LogP contribution in [-0.2, 0) is 17.8 Å². The van der Waals surface area contributed by atoms with Crippen LogP contribution in [0.2, 0.25) is 0 Å². The highest BCUT2D eigenvalue weighted by Gasteiger charge is 2.10. The zero-order chi connectivity index (χ0) is 16.9. The third-order valence-electron chi connectivity index (χ3n) is 3.95. The lowest BCUT2D eigenvalue weighted by atomic mass is 10.1. The first-order chi connectivity index (χ1) is 11.6. The molecule has 2 aromatic carbocycles. The van der Waals surface area contributed by atoms with E-state index >= 15 is 0 Å². The summed E-state index contributed by atoms with van der Waals surface area (Å²) in [5.41, 5.74) is 2.95. The number of hydrogen-bond acceptors (Lipinski definition) is 1. The summed E-state index contributed by atoms with van der Waals surface area (Å²) >= 11 is 0. The lowest BCUT2D eigenvalue weighted by Gasteiger charge is -2.17. The van der Waals surface area contributed by atoms with Gasteiger partial charge in [-0.05, 0) is 47.5 Å². The summed E-state index contributed by atoms with van der Waals surface area (Å²) in [7, 11) is 1.76. The Morgan fingerprint density at radius 3 is 2.17 bits per heavy atom. The Kier molecular flexibility index (Phi) is 4.75. The molecule has 3 aromatic rings. The van der Waals surface area contributed by atoms with Crippen molar-refractivity contribution >= 4 is 5.91 Å². The van der Waals surface area contributed by atoms with Crippen molar-refractivity contribution in [1.29, 1.82) is 0 Å². The normalized spacial score (nSPS) is 10.6. The second kappa shape index (κ2) is 7.13. The zero-order valence-corrected chi connectivity index (χ0v) is 13.5. The summed E-state index contributed by atoms with van der Waals surface area (Å²) in [5, 5.41) is 0. The van der Waals surface area contributed by atoms with Crippen LogP contribution in [-0.4, -0.2) is 22.4 Å². The maximum atomic E-state index is 12.9. The smallest absolute Gasteiger partial charge is 0.227 e. The number of nitrogens with zero attached hydrogens (tertiary/aromatic N) is 2. The largest absolute Gasteiger partial charge is 0.341 e. The standard InChI is InChI=1S/C20H19FN2O/c1-22(15-17-4-8-18(21)9-5-17)20(24)14-16-6-10-19(11-7-16)23-12-2-3-13-23/h2-13H,14-15H2,1H3. The third kappa shape index (κ3) is 3.90. The molecule has 0 radical (unpaired) electrons. The molecule has 0 aliphatic rings. The minimum Gasteiger partial charge on any atom is -0.341 e. The van der Waals surface area contributed by atoms with E-state index in [2.05, 4.69) is 0 Å². The van der Waals surface area contributed by atoms with Crippen molar-refractivity contribution in [2.24, 2.45) is 0 Å². The molecule has 0 saturated heterocycles. The molecule has 24 heavy (non-hydrogen) atoms. The predicted molar refractivity (Wildman–Crippen MR) is 92.3 cm³/mol. The number of amides is 1. The van der Waals surface area contributed by atoms with E-state index < -0.39 is 0 Å². The molecule has 1 amide bonds. The van der Waals surface area contributed by atoms with E-state index in [-0.39, 0.29) is 11.7 Å². The highest BCUT2D eigenvalue weighted by Crippen LogP contribution is 2.12. The fourth-order valence-electron chi connectivity index (χ4n) is 2.55. The van der Waals surface area contributed by atoms with E-state index in [1.165, 1.54) is 12.1 Å². The van der Waals surface area contributed by atoms with Crippen LogP contribution in [0.3, 0.4) is 0 Å². The van der Waals surface area contributed by atoms with Crippen LogP contribution >= 0.6 is 0 Å². The van der Waals surface area contributed by atoms with Gasteiger partial charge in [-0.2, -0.15) is 0 Å². The van der Waals surface area contributed by atoms with Crippen molar-refractivity contribution in [2.75, 3.05) is 7.05 Å². The van der Waals surface area contributed by atoms with E-state index in [0.29, 0.717) is 13.0 Å². The van der Waals surface area contributed by atoms with E-state index in [1.54, 1.807) is 24.1 Å². The monoisotopic (exact) mass is 322 g/mol. The molecule has 0 atom stereocenters. The van der Waals surface area contributed by atoms with Gasteiger partial charge < -0.3 is 9.47 Å². The molecule has 4 heteroatoms. The molecule has 0 spiro atoms. The summed E-state index contributed by atoms with van der Waals surface area (Å²) in [6.07, 6.45) is 4.32. The Morgan fingerprint density at radius 1 is 0.958 bits per heavy atom. The molecule has 0 N–H and O–H groups in total. The quantitative estimate of drug-likeness (QED) is 0.701. The number of hydrogen-bond donors (Lipinski definition) is 0. The van der Waals surface area contributed by atoms with Crippen molar-refractivity contribution in [3.63, 3.8) is 0 Å². The van der Waals surface area contributed by atoms with E-state index in [4.69, 9.17) is 0 Å². The predicted octanol–water partition coefficient (Wildman–Crippen LogP) is 3.82. The summed E-state index contributed by atoms with van der Waals surface area (Å²) < 4.78 is 14.9. The molecule has 0 bridgehead atoms. The highest BCUT2D eigenvalue weighted by molar-refractivity contribution is 5.78. The van der Waals surface area contributed by atoms with Gasteiger partial charge in [0.15, 0.2) is 0 Å². The Balaban J connectivity index is 1.60. The summed E-state index contributed by atoms with van der Waals surface area (Å²) in [6, 6.07) is 18.1. The Morgan fingerprint density at radius 2 is 1.54 bits per heavy atom. The number of likely N-dealkylation sites (N-methyl/N-ethyl adjacent to an activating group) is 1. The Labute approximate surface area is 141 Å². The molecule has 0 saturated carbocycles. The van der Waals surface area contributed by atoms with Gasteiger partial charge in [-0.3, -0.25) is 4.79 Å². The molecule has 1 aromatic heterocycles. The van der Waals surface area contributed by atoms with Crippen molar-refractivity contribution in [3.8, 4) is 5.69 Å². The van der Waals surface area contributed by atoms with Crippen molar-refractivity contribution in [3.05, 3.63) is 90.0 Å². The molecule has 1 heterocycles. The molecule has 3 nitrogen and oxygen atoms in total. The number of rotatable bonds is 5. The van der Waals surface area contributed by atoms with Crippen molar-refractivity contribution in [2.45, 2.75) is 13.0 Å². The summed E-state index contributed by atoms with van der Waals surface area (Å²) in [4.78, 5) is 14.0. The van der Waals surface area contributed by atoms with Crippen molar-refractivity contribution in [1.82, 2.24) is 9.47 Å². The van der Waals surface area contributed by atoms with Gasteiger partial charge in [-0.25, -0.2) is 4.39 Å². The maximum Gasteiger partial charge on any atom is 0.227 e. The second-order valence-corrected chi connectivity index (χ2v) is 5.81. The zero-order valence-electron chi connectivity index (χ0n) is 13.5. The molecule has 0 aliphatic carbocycles. The number of benzene rings is 2. The minimum absolute atomic E-state index is 0.0352. The first kappa shape index (κ1) is 16.0. The number of carbonyl (C=O) groups is 1. The van der Waals surface area contributed by atoms with Crippen LogP contribution in [0.1, 0.15) is 11.1 Å². The molecule has 3 rings (SSSR count). The molecule has 0 aliphatic heterocycles. The molecule has 0 unspecified atom stereocenters. The highest BCUT2D eigenvalue weighted by atomic mass is 19.1. The third-order valence-corrected chi connectivity index (χ3v) is 3.95. The maximum absolute atomic E-state index is 12.9. The number of halogens is 1. The fourth-order valence-corrected chi connectivity index (χ4v) is 2.55. The lowest BCUT2D eigenvalue weighted by molar-refractivity contribution is -0.129. The SMILES string of the molecule is CN(Cc1ccc(F)cc1)C(=O)Cc1ccc(-n2cccc2)cc1.